The summed E-state index contributed by atoms with van der Waals surface area (Å²) in [5.41, 5.74) is 8.60. The van der Waals surface area contributed by atoms with Gasteiger partial charge in [-0.3, -0.25) is 5.32 Å². The molecule has 0 aliphatic rings. The Hall–Kier alpha value is -2.40. The molecule has 0 radical (unpaired) electrons. The fourth-order valence-electron chi connectivity index (χ4n) is 2.18. The van der Waals surface area contributed by atoms with Gasteiger partial charge in [-0.05, 0) is 30.2 Å². The Balaban J connectivity index is 2.48. The minimum Gasteiger partial charge on any atom is -0.453 e. The first kappa shape index (κ1) is 15.0. The fourth-order valence-corrected chi connectivity index (χ4v) is 2.18. The van der Waals surface area contributed by atoms with E-state index in [2.05, 4.69) is 10.1 Å². The Bertz CT molecular complexity index is 644. The van der Waals surface area contributed by atoms with Gasteiger partial charge in [-0.25, -0.2) is 9.18 Å². The van der Waals surface area contributed by atoms with Crippen molar-refractivity contribution < 1.29 is 13.9 Å². The molecule has 0 saturated heterocycles. The number of ether oxygens (including phenoxy) is 1. The third kappa shape index (κ3) is 3.38. The second-order valence-electron chi connectivity index (χ2n) is 4.69. The number of benzene rings is 2. The van der Waals surface area contributed by atoms with Crippen molar-refractivity contribution in [2.75, 3.05) is 12.4 Å². The molecule has 3 N–H and O–H groups in total. The highest BCUT2D eigenvalue weighted by atomic mass is 19.1. The average Bonchev–Trinajstić information content (AvgIpc) is 2.49. The first-order valence-electron chi connectivity index (χ1n) is 6.48. The van der Waals surface area contributed by atoms with E-state index in [-0.39, 0.29) is 0 Å². The molecular weight excluding hydrogens is 271 g/mol. The molecule has 0 aliphatic carbocycles. The maximum atomic E-state index is 13.7. The van der Waals surface area contributed by atoms with Crippen LogP contribution in [0.2, 0.25) is 0 Å². The van der Waals surface area contributed by atoms with Gasteiger partial charge in [0, 0.05) is 5.56 Å². The summed E-state index contributed by atoms with van der Waals surface area (Å²) in [6.07, 6.45) is -0.619. The van der Waals surface area contributed by atoms with Crippen LogP contribution in [0.5, 0.6) is 0 Å². The second kappa shape index (κ2) is 6.37. The topological polar surface area (TPSA) is 64.3 Å². The van der Waals surface area contributed by atoms with Gasteiger partial charge in [-0.1, -0.05) is 30.3 Å². The van der Waals surface area contributed by atoms with E-state index in [1.165, 1.54) is 19.2 Å². The zero-order valence-corrected chi connectivity index (χ0v) is 11.9. The maximum absolute atomic E-state index is 13.7. The Morgan fingerprint density at radius 1 is 1.29 bits per heavy atom. The molecule has 0 aliphatic heterocycles. The zero-order chi connectivity index (χ0) is 15.4. The van der Waals surface area contributed by atoms with Crippen LogP contribution in [0.4, 0.5) is 14.9 Å². The van der Waals surface area contributed by atoms with Crippen molar-refractivity contribution in [3.63, 3.8) is 0 Å². The third-order valence-electron chi connectivity index (χ3n) is 3.24. The van der Waals surface area contributed by atoms with Crippen LogP contribution in [0, 0.1) is 12.7 Å². The summed E-state index contributed by atoms with van der Waals surface area (Å²) in [7, 11) is 1.27. The summed E-state index contributed by atoms with van der Waals surface area (Å²) in [5.74, 6) is -0.399. The van der Waals surface area contributed by atoms with Gasteiger partial charge in [0.05, 0.1) is 18.8 Å². The zero-order valence-electron chi connectivity index (χ0n) is 11.9. The molecule has 0 heterocycles. The normalized spacial score (nSPS) is 11.8. The van der Waals surface area contributed by atoms with Crippen molar-refractivity contribution in [1.29, 1.82) is 0 Å². The molecule has 110 valence electrons. The molecule has 2 aromatic carbocycles. The smallest absolute Gasteiger partial charge is 0.411 e. The number of hydrogen-bond donors (Lipinski definition) is 2. The van der Waals surface area contributed by atoms with Crippen LogP contribution >= 0.6 is 0 Å². The van der Waals surface area contributed by atoms with Gasteiger partial charge in [0.25, 0.3) is 0 Å². The van der Waals surface area contributed by atoms with Gasteiger partial charge in [0.2, 0.25) is 0 Å². The monoisotopic (exact) mass is 288 g/mol. The molecule has 0 saturated carbocycles. The van der Waals surface area contributed by atoms with Crippen LogP contribution in [0.25, 0.3) is 0 Å². The lowest BCUT2D eigenvalue weighted by Crippen LogP contribution is -2.19. The molecule has 0 aromatic heterocycles. The lowest BCUT2D eigenvalue weighted by atomic mass is 9.95. The second-order valence-corrected chi connectivity index (χ2v) is 4.69. The van der Waals surface area contributed by atoms with E-state index in [0.29, 0.717) is 16.8 Å². The first-order chi connectivity index (χ1) is 10.0. The highest BCUT2D eigenvalue weighted by Gasteiger charge is 2.18. The van der Waals surface area contributed by atoms with Crippen molar-refractivity contribution in [2.24, 2.45) is 5.73 Å². The molecule has 4 nitrogen and oxygen atoms in total. The molecule has 1 unspecified atom stereocenters. The lowest BCUT2D eigenvalue weighted by Gasteiger charge is -2.19. The quantitative estimate of drug-likeness (QED) is 0.910. The lowest BCUT2D eigenvalue weighted by molar-refractivity contribution is 0.187. The van der Waals surface area contributed by atoms with E-state index in [4.69, 9.17) is 5.73 Å². The van der Waals surface area contributed by atoms with E-state index in [1.807, 2.05) is 30.3 Å². The number of nitrogens with two attached hydrogens (primary N) is 1. The number of methoxy groups -OCH3 is 1. The largest absolute Gasteiger partial charge is 0.453 e. The number of halogens is 1. The predicted octanol–water partition coefficient (Wildman–Crippen LogP) is 3.36. The molecule has 2 aromatic rings. The van der Waals surface area contributed by atoms with E-state index < -0.39 is 18.0 Å². The summed E-state index contributed by atoms with van der Waals surface area (Å²) in [5, 5.41) is 2.60. The Morgan fingerprint density at radius 3 is 2.57 bits per heavy atom. The SMILES string of the molecule is COC(=O)Nc1c(C)cc(F)cc1C(N)c1ccccc1. The van der Waals surface area contributed by atoms with E-state index >= 15 is 0 Å². The molecule has 0 fully saturated rings. The van der Waals surface area contributed by atoms with Crippen LogP contribution in [0.15, 0.2) is 42.5 Å². The minimum atomic E-state index is -0.619. The van der Waals surface area contributed by atoms with Crippen molar-refractivity contribution in [1.82, 2.24) is 0 Å². The summed E-state index contributed by atoms with van der Waals surface area (Å²) in [6.45, 7) is 1.70. The van der Waals surface area contributed by atoms with Gasteiger partial charge >= 0.3 is 6.09 Å². The van der Waals surface area contributed by atoms with Gasteiger partial charge in [-0.2, -0.15) is 0 Å². The molecule has 5 heteroatoms. The molecular formula is C16H17FN2O2. The van der Waals surface area contributed by atoms with Crippen LogP contribution < -0.4 is 11.1 Å². The minimum absolute atomic E-state index is 0.399. The Morgan fingerprint density at radius 2 is 1.95 bits per heavy atom. The number of aryl methyl sites for hydroxylation is 1. The first-order valence-corrected chi connectivity index (χ1v) is 6.48. The molecule has 0 spiro atoms. The van der Waals surface area contributed by atoms with Crippen molar-refractivity contribution in [3.05, 3.63) is 65.0 Å². The van der Waals surface area contributed by atoms with Gasteiger partial charge in [0.1, 0.15) is 5.82 Å². The summed E-state index contributed by atoms with van der Waals surface area (Å²) < 4.78 is 18.3. The maximum Gasteiger partial charge on any atom is 0.411 e. The summed E-state index contributed by atoms with van der Waals surface area (Å²) in [4.78, 5) is 11.5. The molecule has 1 atom stereocenters. The number of nitrogens with one attached hydrogen (secondary N) is 1. The van der Waals surface area contributed by atoms with Crippen molar-refractivity contribution in [3.8, 4) is 0 Å². The van der Waals surface area contributed by atoms with Crippen LogP contribution in [0.3, 0.4) is 0 Å². The number of carbonyl (C=O) groups is 1. The fraction of sp³-hybridized carbons (Fsp3) is 0.188. The molecule has 0 bridgehead atoms. The molecule has 1 amide bonds. The van der Waals surface area contributed by atoms with Crippen LogP contribution in [0.1, 0.15) is 22.7 Å². The van der Waals surface area contributed by atoms with Crippen LogP contribution in [-0.2, 0) is 4.74 Å². The van der Waals surface area contributed by atoms with Gasteiger partial charge in [-0.15, -0.1) is 0 Å². The highest BCUT2D eigenvalue weighted by Crippen LogP contribution is 2.30. The van der Waals surface area contributed by atoms with E-state index in [9.17, 15) is 9.18 Å². The van der Waals surface area contributed by atoms with Crippen LogP contribution in [-0.4, -0.2) is 13.2 Å². The Labute approximate surface area is 122 Å². The molecule has 21 heavy (non-hydrogen) atoms. The number of amides is 1. The third-order valence-corrected chi connectivity index (χ3v) is 3.24. The van der Waals surface area contributed by atoms with E-state index in [0.717, 1.165) is 5.56 Å². The summed E-state index contributed by atoms with van der Waals surface area (Å²) in [6, 6.07) is 11.4. The Kier molecular flexibility index (Phi) is 4.55. The highest BCUT2D eigenvalue weighted by molar-refractivity contribution is 5.87. The number of hydrogen-bond acceptors (Lipinski definition) is 3. The number of rotatable bonds is 3. The van der Waals surface area contributed by atoms with E-state index in [1.54, 1.807) is 6.92 Å². The predicted molar refractivity (Wildman–Crippen MR) is 79.6 cm³/mol. The molecule has 2 rings (SSSR count). The van der Waals surface area contributed by atoms with Crippen molar-refractivity contribution in [2.45, 2.75) is 13.0 Å². The van der Waals surface area contributed by atoms with Crippen molar-refractivity contribution >= 4 is 11.8 Å². The van der Waals surface area contributed by atoms with Gasteiger partial charge < -0.3 is 10.5 Å². The summed E-state index contributed by atoms with van der Waals surface area (Å²) >= 11 is 0. The van der Waals surface area contributed by atoms with Gasteiger partial charge in [0.15, 0.2) is 0 Å². The standard InChI is InChI=1S/C16H17FN2O2/c1-10-8-12(17)9-13(15(10)19-16(20)21-2)14(18)11-6-4-3-5-7-11/h3-9,14H,18H2,1-2H3,(H,19,20). The number of carbonyl (C=O) groups excluding carboxylic acids is 1. The number of anilines is 1. The average molecular weight is 288 g/mol.